The number of esters is 2. The summed E-state index contributed by atoms with van der Waals surface area (Å²) in [6, 6.07) is 0. The molecule has 30 heavy (non-hydrogen) atoms. The van der Waals surface area contributed by atoms with Crippen LogP contribution in [0.5, 0.6) is 0 Å². The Balaban J connectivity index is 2.00. The van der Waals surface area contributed by atoms with E-state index in [1.807, 2.05) is 0 Å². The lowest BCUT2D eigenvalue weighted by molar-refractivity contribution is -0.238. The van der Waals surface area contributed by atoms with Gasteiger partial charge in [0.15, 0.2) is 12.6 Å². The third kappa shape index (κ3) is 2.25. The van der Waals surface area contributed by atoms with E-state index in [0.717, 1.165) is 0 Å². The second kappa shape index (κ2) is 6.61. The van der Waals surface area contributed by atoms with Crippen LogP contribution in [0.15, 0.2) is 12.2 Å². The molecular weight excluding hydrogens is 392 g/mol. The topological polar surface area (TPSA) is 97.4 Å². The van der Waals surface area contributed by atoms with Gasteiger partial charge in [-0.2, -0.15) is 0 Å². The summed E-state index contributed by atoms with van der Waals surface area (Å²) in [6.07, 6.45) is 1.97. The molecule has 2 heterocycles. The lowest BCUT2D eigenvalue weighted by Crippen LogP contribution is -2.64. The molecule has 0 bridgehead atoms. The molecular formula is C22H30O8. The van der Waals surface area contributed by atoms with E-state index in [0.29, 0.717) is 12.8 Å². The molecule has 2 aliphatic carbocycles. The van der Waals surface area contributed by atoms with Crippen LogP contribution in [-0.2, 0) is 38.1 Å². The third-order valence-electron chi connectivity index (χ3n) is 7.59. The summed E-state index contributed by atoms with van der Waals surface area (Å²) >= 11 is 0. The molecule has 2 aliphatic heterocycles. The molecule has 0 aromatic carbocycles. The molecule has 8 heteroatoms. The van der Waals surface area contributed by atoms with Gasteiger partial charge >= 0.3 is 11.9 Å². The van der Waals surface area contributed by atoms with Crippen LogP contribution in [0.4, 0.5) is 0 Å². The van der Waals surface area contributed by atoms with Crippen molar-refractivity contribution in [2.45, 2.75) is 71.2 Å². The summed E-state index contributed by atoms with van der Waals surface area (Å²) in [6.45, 7) is 7.93. The van der Waals surface area contributed by atoms with Gasteiger partial charge in [-0.25, -0.2) is 4.79 Å². The van der Waals surface area contributed by atoms with Crippen LogP contribution in [-0.4, -0.2) is 56.2 Å². The Morgan fingerprint density at radius 1 is 1.23 bits per heavy atom. The Kier molecular flexibility index (Phi) is 4.73. The number of carbonyl (C=O) groups is 3. The van der Waals surface area contributed by atoms with E-state index in [4.69, 9.17) is 23.7 Å². The molecule has 0 aromatic rings. The summed E-state index contributed by atoms with van der Waals surface area (Å²) in [7, 11) is 3.08. The van der Waals surface area contributed by atoms with Gasteiger partial charge in [-0.1, -0.05) is 33.8 Å². The van der Waals surface area contributed by atoms with Crippen molar-refractivity contribution < 1.29 is 38.1 Å². The highest BCUT2D eigenvalue weighted by atomic mass is 16.8. The van der Waals surface area contributed by atoms with Gasteiger partial charge in [0.2, 0.25) is 5.78 Å². The Morgan fingerprint density at radius 2 is 1.93 bits per heavy atom. The summed E-state index contributed by atoms with van der Waals surface area (Å²) in [4.78, 5) is 38.9. The van der Waals surface area contributed by atoms with E-state index in [-0.39, 0.29) is 17.8 Å². The molecule has 8 nitrogen and oxygen atoms in total. The predicted molar refractivity (Wildman–Crippen MR) is 103 cm³/mol. The number of hydrogen-bond donors (Lipinski definition) is 0. The number of methoxy groups -OCH3 is 2. The quantitative estimate of drug-likeness (QED) is 0.502. The number of rotatable bonds is 4. The maximum absolute atomic E-state index is 13.2. The largest absolute Gasteiger partial charge is 0.458 e. The highest BCUT2D eigenvalue weighted by Crippen LogP contribution is 2.76. The molecule has 0 radical (unpaired) electrons. The van der Waals surface area contributed by atoms with Crippen LogP contribution < -0.4 is 0 Å². The number of carbonyl (C=O) groups excluding carboxylic acids is 3. The monoisotopic (exact) mass is 422 g/mol. The van der Waals surface area contributed by atoms with Crippen molar-refractivity contribution >= 4 is 17.7 Å². The van der Waals surface area contributed by atoms with E-state index < -0.39 is 52.8 Å². The van der Waals surface area contributed by atoms with Gasteiger partial charge in [0.05, 0.1) is 5.41 Å². The molecule has 4 aliphatic rings. The van der Waals surface area contributed by atoms with Gasteiger partial charge in [-0.15, -0.1) is 0 Å². The first kappa shape index (κ1) is 21.5. The van der Waals surface area contributed by atoms with Crippen molar-refractivity contribution in [3.63, 3.8) is 0 Å². The van der Waals surface area contributed by atoms with E-state index >= 15 is 0 Å². The molecule has 0 aromatic heterocycles. The number of ether oxygens (including phenoxy) is 5. The van der Waals surface area contributed by atoms with E-state index in [2.05, 4.69) is 20.8 Å². The van der Waals surface area contributed by atoms with Crippen LogP contribution in [0, 0.1) is 22.2 Å². The second-order valence-corrected chi connectivity index (χ2v) is 9.74. The first-order valence-corrected chi connectivity index (χ1v) is 10.4. The molecule has 166 valence electrons. The molecule has 2 saturated heterocycles. The average molecular weight is 422 g/mol. The Morgan fingerprint density at radius 3 is 2.50 bits per heavy atom. The van der Waals surface area contributed by atoms with Gasteiger partial charge in [-0.05, 0) is 23.8 Å². The van der Waals surface area contributed by atoms with Crippen molar-refractivity contribution in [1.29, 1.82) is 0 Å². The lowest BCUT2D eigenvalue weighted by Gasteiger charge is -2.51. The molecule has 1 saturated carbocycles. The lowest BCUT2D eigenvalue weighted by atomic mass is 9.52. The van der Waals surface area contributed by atoms with Crippen LogP contribution in [0.1, 0.15) is 47.0 Å². The van der Waals surface area contributed by atoms with E-state index in [9.17, 15) is 14.4 Å². The fraction of sp³-hybridized carbons (Fsp3) is 0.773. The minimum absolute atomic E-state index is 0.0314. The van der Waals surface area contributed by atoms with Crippen molar-refractivity contribution in [1.82, 2.24) is 0 Å². The van der Waals surface area contributed by atoms with Crippen molar-refractivity contribution in [2.24, 2.45) is 22.2 Å². The van der Waals surface area contributed by atoms with Gasteiger partial charge in [0, 0.05) is 32.5 Å². The highest BCUT2D eigenvalue weighted by molar-refractivity contribution is 6.18. The standard InChI is InChI=1S/C22H30O8/c1-7-15(24)30-22-13(23)8-9-21(22)14(28-17(22)25)10-12(19(2,3)4)20(21)11-16(26-5)29-18(20)27-6/h8-9,12,14,16,18H,7,10-11H2,1-6H3/t12-,14+,16-,18+,20+,21?,22+/m0/s1. The molecule has 4 rings (SSSR count). The fourth-order valence-electron chi connectivity index (χ4n) is 6.58. The maximum Gasteiger partial charge on any atom is 0.360 e. The number of hydrogen-bond acceptors (Lipinski definition) is 8. The SMILES string of the molecule is CCC(=O)O[C@@]12C(=O)C=CC13[C@@H](C[C@@H](C(C)(C)C)[C@@]31C[C@@H](OC)O[C@H]1OC)OC2=O. The van der Waals surface area contributed by atoms with Crippen LogP contribution in [0.2, 0.25) is 0 Å². The fourth-order valence-corrected chi connectivity index (χ4v) is 6.58. The minimum Gasteiger partial charge on any atom is -0.458 e. The van der Waals surface area contributed by atoms with Crippen LogP contribution >= 0.6 is 0 Å². The molecule has 1 unspecified atom stereocenters. The van der Waals surface area contributed by atoms with Gasteiger partial charge in [0.25, 0.3) is 5.60 Å². The van der Waals surface area contributed by atoms with Gasteiger partial charge in [0.1, 0.15) is 6.10 Å². The molecule has 0 N–H and O–H groups in total. The molecule has 0 amide bonds. The normalized spacial score (nSPS) is 44.5. The summed E-state index contributed by atoms with van der Waals surface area (Å²) < 4.78 is 29.0. The smallest absolute Gasteiger partial charge is 0.360 e. The molecule has 7 atom stereocenters. The second-order valence-electron chi connectivity index (χ2n) is 9.74. The first-order chi connectivity index (χ1) is 14.0. The zero-order valence-corrected chi connectivity index (χ0v) is 18.4. The zero-order valence-electron chi connectivity index (χ0n) is 18.4. The third-order valence-corrected chi connectivity index (χ3v) is 7.59. The van der Waals surface area contributed by atoms with Crippen LogP contribution in [0.25, 0.3) is 0 Å². The maximum atomic E-state index is 13.2. The highest BCUT2D eigenvalue weighted by Gasteiger charge is 2.88. The number of ketones is 1. The Labute approximate surface area is 176 Å². The Bertz CT molecular complexity index is 812. The van der Waals surface area contributed by atoms with Crippen LogP contribution in [0.3, 0.4) is 0 Å². The average Bonchev–Trinajstić information content (AvgIpc) is 3.35. The van der Waals surface area contributed by atoms with Gasteiger partial charge < -0.3 is 23.7 Å². The molecule has 3 fully saturated rings. The van der Waals surface area contributed by atoms with Crippen molar-refractivity contribution in [3.05, 3.63) is 12.2 Å². The summed E-state index contributed by atoms with van der Waals surface area (Å²) in [5.41, 5.74) is -4.42. The van der Waals surface area contributed by atoms with E-state index in [1.165, 1.54) is 13.2 Å². The minimum atomic E-state index is -2.06. The summed E-state index contributed by atoms with van der Waals surface area (Å²) in [5.74, 6) is -2.08. The Hall–Kier alpha value is -1.77. The predicted octanol–water partition coefficient (Wildman–Crippen LogP) is 2.15. The first-order valence-electron chi connectivity index (χ1n) is 10.4. The zero-order chi connectivity index (χ0) is 22.1. The summed E-state index contributed by atoms with van der Waals surface area (Å²) in [5, 5.41) is 0. The van der Waals surface area contributed by atoms with Gasteiger partial charge in [-0.3, -0.25) is 9.59 Å². The molecule has 2 spiro atoms. The van der Waals surface area contributed by atoms with E-state index in [1.54, 1.807) is 20.1 Å². The van der Waals surface area contributed by atoms with Crippen molar-refractivity contribution in [3.8, 4) is 0 Å². The van der Waals surface area contributed by atoms with Crippen molar-refractivity contribution in [2.75, 3.05) is 14.2 Å².